The fraction of sp³-hybridized carbons (Fsp3) is 0.0952. The Morgan fingerprint density at radius 2 is 1.65 bits per heavy atom. The van der Waals surface area contributed by atoms with Crippen LogP contribution in [0.4, 0.5) is 5.69 Å². The zero-order valence-corrected chi connectivity index (χ0v) is 16.3. The molecule has 1 N–H and O–H groups in total. The zero-order valence-electron chi connectivity index (χ0n) is 13.9. The molecule has 1 aromatic heterocycles. The van der Waals surface area contributed by atoms with Gasteiger partial charge in [-0.25, -0.2) is 4.98 Å². The van der Waals surface area contributed by atoms with Crippen LogP contribution in [0.5, 0.6) is 0 Å². The Labute approximate surface area is 165 Å². The Morgan fingerprint density at radius 3 is 2.50 bits per heavy atom. The van der Waals surface area contributed by atoms with Gasteiger partial charge in [-0.2, -0.15) is 0 Å². The van der Waals surface area contributed by atoms with Gasteiger partial charge in [0.1, 0.15) is 5.01 Å². The average Bonchev–Trinajstić information content (AvgIpc) is 3.29. The molecule has 26 heavy (non-hydrogen) atoms. The molecule has 4 aromatic rings. The van der Waals surface area contributed by atoms with Gasteiger partial charge in [0.2, 0.25) is 0 Å². The SMILES string of the molecule is c1ccc(CSC2(c3nc4ccccc4s3)Nc3ccccc3S2)cc1. The van der Waals surface area contributed by atoms with Crippen molar-refractivity contribution >= 4 is 50.8 Å². The van der Waals surface area contributed by atoms with E-state index in [0.717, 1.165) is 16.3 Å². The summed E-state index contributed by atoms with van der Waals surface area (Å²) >= 11 is 5.56. The van der Waals surface area contributed by atoms with Crippen LogP contribution in [0, 0.1) is 0 Å². The summed E-state index contributed by atoms with van der Waals surface area (Å²) in [5, 5.41) is 4.90. The minimum atomic E-state index is -0.288. The number of hydrogen-bond donors (Lipinski definition) is 1. The molecule has 1 atom stereocenters. The lowest BCUT2D eigenvalue weighted by Crippen LogP contribution is -2.24. The molecule has 0 radical (unpaired) electrons. The van der Waals surface area contributed by atoms with Crippen molar-refractivity contribution in [2.75, 3.05) is 5.32 Å². The first-order valence-corrected chi connectivity index (χ1v) is 11.0. The molecule has 1 aliphatic heterocycles. The average molecular weight is 393 g/mol. The van der Waals surface area contributed by atoms with Gasteiger partial charge in [-0.05, 0) is 29.8 Å². The molecule has 2 heterocycles. The molecule has 0 saturated heterocycles. The molecular weight excluding hydrogens is 376 g/mol. The van der Waals surface area contributed by atoms with Gasteiger partial charge in [-0.15, -0.1) is 23.1 Å². The first kappa shape index (κ1) is 16.2. The lowest BCUT2D eigenvalue weighted by Gasteiger charge is -2.26. The maximum atomic E-state index is 4.98. The standard InChI is InChI=1S/C21H16N2S3/c1-2-8-15(9-3-1)14-24-21(23-17-11-5-7-13-19(17)26-21)20-22-16-10-4-6-12-18(16)25-20/h1-13,23H,14H2. The van der Waals surface area contributed by atoms with Crippen LogP contribution in [-0.4, -0.2) is 4.98 Å². The number of fused-ring (bicyclic) bond motifs is 2. The quantitative estimate of drug-likeness (QED) is 0.425. The third-order valence-corrected chi connectivity index (χ3v) is 8.66. The molecule has 5 heteroatoms. The second-order valence-corrected chi connectivity index (χ2v) is 9.84. The number of nitrogens with one attached hydrogen (secondary N) is 1. The van der Waals surface area contributed by atoms with Gasteiger partial charge in [0.05, 0.1) is 10.2 Å². The highest BCUT2D eigenvalue weighted by Gasteiger charge is 2.42. The third-order valence-electron chi connectivity index (χ3n) is 4.30. The minimum Gasteiger partial charge on any atom is -0.356 e. The molecule has 128 valence electrons. The number of para-hydroxylation sites is 2. The van der Waals surface area contributed by atoms with Crippen LogP contribution >= 0.6 is 34.9 Å². The summed E-state index contributed by atoms with van der Waals surface area (Å²) in [5.41, 5.74) is 3.60. The zero-order chi connectivity index (χ0) is 17.4. The third kappa shape index (κ3) is 2.90. The van der Waals surface area contributed by atoms with Gasteiger partial charge in [0, 0.05) is 16.3 Å². The number of nitrogens with zero attached hydrogens (tertiary/aromatic N) is 1. The monoisotopic (exact) mass is 392 g/mol. The molecule has 0 aliphatic carbocycles. The Hall–Kier alpha value is -1.95. The highest BCUT2D eigenvalue weighted by molar-refractivity contribution is 8.17. The minimum absolute atomic E-state index is 0.288. The summed E-state index contributed by atoms with van der Waals surface area (Å²) in [6.45, 7) is 0. The predicted molar refractivity (Wildman–Crippen MR) is 115 cm³/mol. The second-order valence-electron chi connectivity index (χ2n) is 6.10. The molecule has 0 fully saturated rings. The predicted octanol–water partition coefficient (Wildman–Crippen LogP) is 6.56. The highest BCUT2D eigenvalue weighted by Crippen LogP contribution is 2.58. The van der Waals surface area contributed by atoms with E-state index in [-0.39, 0.29) is 4.20 Å². The number of anilines is 1. The molecular formula is C21H16N2S3. The van der Waals surface area contributed by atoms with Crippen molar-refractivity contribution in [1.29, 1.82) is 0 Å². The van der Waals surface area contributed by atoms with Crippen LogP contribution in [0.1, 0.15) is 10.6 Å². The lowest BCUT2D eigenvalue weighted by atomic mass is 10.2. The molecule has 0 amide bonds. The van der Waals surface area contributed by atoms with Gasteiger partial charge >= 0.3 is 0 Å². The molecule has 2 nitrogen and oxygen atoms in total. The van der Waals surface area contributed by atoms with E-state index in [2.05, 4.69) is 84.2 Å². The van der Waals surface area contributed by atoms with Crippen LogP contribution in [0.25, 0.3) is 10.2 Å². The summed E-state index contributed by atoms with van der Waals surface area (Å²) in [6, 6.07) is 27.5. The topological polar surface area (TPSA) is 24.9 Å². The van der Waals surface area contributed by atoms with Crippen molar-refractivity contribution in [1.82, 2.24) is 4.98 Å². The fourth-order valence-electron chi connectivity index (χ4n) is 3.01. The van der Waals surface area contributed by atoms with Crippen LogP contribution in [0.3, 0.4) is 0 Å². The summed E-state index contributed by atoms with van der Waals surface area (Å²) in [5.74, 6) is 0.935. The lowest BCUT2D eigenvalue weighted by molar-refractivity contribution is 1.02. The summed E-state index contributed by atoms with van der Waals surface area (Å²) < 4.78 is 0.948. The highest BCUT2D eigenvalue weighted by atomic mass is 32.2. The number of rotatable bonds is 4. The number of aromatic nitrogens is 1. The molecule has 5 rings (SSSR count). The van der Waals surface area contributed by atoms with Crippen molar-refractivity contribution in [3.63, 3.8) is 0 Å². The van der Waals surface area contributed by atoms with Gasteiger partial charge in [0.15, 0.2) is 4.20 Å². The second kappa shape index (κ2) is 6.65. The van der Waals surface area contributed by atoms with E-state index in [9.17, 15) is 0 Å². The molecule has 3 aromatic carbocycles. The Balaban J connectivity index is 1.55. The summed E-state index contributed by atoms with van der Waals surface area (Å²) in [4.78, 5) is 6.26. The number of benzene rings is 3. The van der Waals surface area contributed by atoms with Crippen molar-refractivity contribution in [3.05, 3.63) is 89.4 Å². The molecule has 0 spiro atoms. The van der Waals surface area contributed by atoms with E-state index in [0.29, 0.717) is 0 Å². The van der Waals surface area contributed by atoms with Gasteiger partial charge in [-0.1, -0.05) is 66.4 Å². The fourth-order valence-corrected chi connectivity index (χ4v) is 7.04. The Morgan fingerprint density at radius 1 is 0.885 bits per heavy atom. The van der Waals surface area contributed by atoms with Crippen LogP contribution in [-0.2, 0) is 9.96 Å². The molecule has 0 saturated carbocycles. The van der Waals surface area contributed by atoms with E-state index in [1.54, 1.807) is 11.3 Å². The van der Waals surface area contributed by atoms with E-state index in [1.807, 2.05) is 23.5 Å². The van der Waals surface area contributed by atoms with Crippen molar-refractivity contribution in [2.24, 2.45) is 0 Å². The Kier molecular flexibility index (Phi) is 4.15. The molecule has 1 aliphatic rings. The van der Waals surface area contributed by atoms with Crippen molar-refractivity contribution < 1.29 is 0 Å². The first-order chi connectivity index (χ1) is 12.8. The van der Waals surface area contributed by atoms with Crippen LogP contribution < -0.4 is 5.32 Å². The maximum Gasteiger partial charge on any atom is 0.188 e. The van der Waals surface area contributed by atoms with Crippen LogP contribution in [0.15, 0.2) is 83.8 Å². The maximum absolute atomic E-state index is 4.98. The number of thiazole rings is 1. The van der Waals surface area contributed by atoms with E-state index >= 15 is 0 Å². The molecule has 1 unspecified atom stereocenters. The van der Waals surface area contributed by atoms with E-state index < -0.39 is 0 Å². The van der Waals surface area contributed by atoms with Gasteiger partial charge < -0.3 is 5.32 Å². The van der Waals surface area contributed by atoms with Gasteiger partial charge in [0.25, 0.3) is 0 Å². The van der Waals surface area contributed by atoms with Crippen molar-refractivity contribution in [3.8, 4) is 0 Å². The Bertz CT molecular complexity index is 1000. The van der Waals surface area contributed by atoms with E-state index in [1.165, 1.54) is 20.8 Å². The van der Waals surface area contributed by atoms with Crippen molar-refractivity contribution in [2.45, 2.75) is 14.9 Å². The largest absolute Gasteiger partial charge is 0.356 e. The first-order valence-electron chi connectivity index (χ1n) is 8.43. The van der Waals surface area contributed by atoms with Gasteiger partial charge in [-0.3, -0.25) is 0 Å². The number of hydrogen-bond acceptors (Lipinski definition) is 5. The normalized spacial score (nSPS) is 18.6. The smallest absolute Gasteiger partial charge is 0.188 e. The van der Waals surface area contributed by atoms with Crippen LogP contribution in [0.2, 0.25) is 0 Å². The summed E-state index contributed by atoms with van der Waals surface area (Å²) in [7, 11) is 0. The van der Waals surface area contributed by atoms with E-state index in [4.69, 9.17) is 4.98 Å². The molecule has 0 bridgehead atoms. The summed E-state index contributed by atoms with van der Waals surface area (Å²) in [6.07, 6.45) is 0. The number of thioether (sulfide) groups is 2.